The second-order valence-corrected chi connectivity index (χ2v) is 5.70. The molecule has 2 aliphatic rings. The summed E-state index contributed by atoms with van der Waals surface area (Å²) >= 11 is 0. The normalized spacial score (nSPS) is 31.2. The van der Waals surface area contributed by atoms with Gasteiger partial charge in [-0.15, -0.1) is 0 Å². The summed E-state index contributed by atoms with van der Waals surface area (Å²) < 4.78 is 0. The van der Waals surface area contributed by atoms with Crippen LogP contribution in [0.15, 0.2) is 0 Å². The molecule has 1 saturated heterocycles. The van der Waals surface area contributed by atoms with E-state index in [1.54, 1.807) is 0 Å². The Kier molecular flexibility index (Phi) is 4.57. The highest BCUT2D eigenvalue weighted by molar-refractivity contribution is 5.84. The summed E-state index contributed by atoms with van der Waals surface area (Å²) in [5.41, 5.74) is 0. The zero-order valence-corrected chi connectivity index (χ0v) is 10.9. The molecule has 2 rings (SSSR count). The number of carbonyl (C=O) groups excluding carboxylic acids is 1. The quantitative estimate of drug-likeness (QED) is 0.749. The van der Waals surface area contributed by atoms with Gasteiger partial charge in [0.2, 0.25) is 0 Å². The molecule has 1 aliphatic carbocycles. The molecule has 0 spiro atoms. The van der Waals surface area contributed by atoms with Crippen LogP contribution in [0.1, 0.15) is 51.9 Å². The number of ketones is 1. The number of likely N-dealkylation sites (tertiary alicyclic amines) is 1. The van der Waals surface area contributed by atoms with Crippen molar-refractivity contribution < 1.29 is 9.90 Å². The summed E-state index contributed by atoms with van der Waals surface area (Å²) in [5.74, 6) is 0.894. The minimum Gasteiger partial charge on any atom is -0.393 e. The van der Waals surface area contributed by atoms with Crippen LogP contribution in [0.4, 0.5) is 0 Å². The Morgan fingerprint density at radius 3 is 2.53 bits per heavy atom. The Hall–Kier alpha value is -0.410. The molecular formula is C14H25NO2. The van der Waals surface area contributed by atoms with Crippen molar-refractivity contribution in [3.05, 3.63) is 0 Å². The molecule has 1 heterocycles. The predicted octanol–water partition coefficient (Wildman–Crippen LogP) is 1.98. The van der Waals surface area contributed by atoms with E-state index in [0.29, 0.717) is 11.7 Å². The van der Waals surface area contributed by atoms with E-state index >= 15 is 0 Å². The largest absolute Gasteiger partial charge is 0.393 e. The van der Waals surface area contributed by atoms with Crippen molar-refractivity contribution in [1.29, 1.82) is 0 Å². The Labute approximate surface area is 104 Å². The first-order valence-electron chi connectivity index (χ1n) is 7.13. The fraction of sp³-hybridized carbons (Fsp3) is 0.929. The Balaban J connectivity index is 1.88. The molecule has 0 bridgehead atoms. The van der Waals surface area contributed by atoms with E-state index in [-0.39, 0.29) is 12.1 Å². The van der Waals surface area contributed by atoms with Crippen molar-refractivity contribution in [3.63, 3.8) is 0 Å². The lowest BCUT2D eigenvalue weighted by Gasteiger charge is -2.37. The topological polar surface area (TPSA) is 40.5 Å². The van der Waals surface area contributed by atoms with Crippen LogP contribution in [0.3, 0.4) is 0 Å². The summed E-state index contributed by atoms with van der Waals surface area (Å²) in [4.78, 5) is 14.4. The third kappa shape index (κ3) is 3.29. The molecule has 0 aromatic carbocycles. The van der Waals surface area contributed by atoms with E-state index in [1.165, 1.54) is 12.8 Å². The van der Waals surface area contributed by atoms with Gasteiger partial charge in [-0.25, -0.2) is 0 Å². The number of Topliss-reactive ketones (excluding diaryl/α,β-unsaturated/α-hetero) is 1. The smallest absolute Gasteiger partial charge is 0.149 e. The third-order valence-corrected chi connectivity index (χ3v) is 4.47. The fourth-order valence-electron chi connectivity index (χ4n) is 3.24. The van der Waals surface area contributed by atoms with E-state index in [9.17, 15) is 9.90 Å². The van der Waals surface area contributed by atoms with Gasteiger partial charge in [0.25, 0.3) is 0 Å². The molecule has 1 aliphatic heterocycles. The van der Waals surface area contributed by atoms with Crippen LogP contribution in [0.5, 0.6) is 0 Å². The van der Waals surface area contributed by atoms with E-state index in [2.05, 4.69) is 4.90 Å². The van der Waals surface area contributed by atoms with Crippen LogP contribution in [-0.2, 0) is 4.79 Å². The average Bonchev–Trinajstić information content (AvgIpc) is 2.54. The predicted molar refractivity (Wildman–Crippen MR) is 67.9 cm³/mol. The highest BCUT2D eigenvalue weighted by atomic mass is 16.3. The van der Waals surface area contributed by atoms with Gasteiger partial charge in [-0.3, -0.25) is 9.69 Å². The van der Waals surface area contributed by atoms with Crippen LogP contribution in [0.25, 0.3) is 0 Å². The molecule has 0 aromatic heterocycles. The zero-order chi connectivity index (χ0) is 12.3. The molecule has 2 atom stereocenters. The van der Waals surface area contributed by atoms with E-state index in [1.807, 2.05) is 6.92 Å². The summed E-state index contributed by atoms with van der Waals surface area (Å²) in [7, 11) is 0. The zero-order valence-electron chi connectivity index (χ0n) is 10.9. The van der Waals surface area contributed by atoms with Crippen LogP contribution in [-0.4, -0.2) is 41.0 Å². The summed E-state index contributed by atoms with van der Waals surface area (Å²) in [5, 5.41) is 9.59. The van der Waals surface area contributed by atoms with Crippen molar-refractivity contribution in [2.24, 2.45) is 5.92 Å². The lowest BCUT2D eigenvalue weighted by Crippen LogP contribution is -2.46. The molecule has 3 heteroatoms. The molecule has 1 saturated carbocycles. The molecule has 2 fully saturated rings. The van der Waals surface area contributed by atoms with Crippen LogP contribution in [0.2, 0.25) is 0 Å². The summed E-state index contributed by atoms with van der Waals surface area (Å²) in [6.45, 7) is 3.87. The van der Waals surface area contributed by atoms with E-state index < -0.39 is 0 Å². The van der Waals surface area contributed by atoms with Crippen LogP contribution >= 0.6 is 0 Å². The number of aliphatic hydroxyl groups is 1. The molecule has 2 unspecified atom stereocenters. The van der Waals surface area contributed by atoms with Gasteiger partial charge >= 0.3 is 0 Å². The van der Waals surface area contributed by atoms with Gasteiger partial charge in [0.1, 0.15) is 5.78 Å². The highest BCUT2D eigenvalue weighted by Crippen LogP contribution is 2.26. The lowest BCUT2D eigenvalue weighted by atomic mass is 9.90. The van der Waals surface area contributed by atoms with E-state index in [4.69, 9.17) is 0 Å². The number of hydrogen-bond donors (Lipinski definition) is 1. The van der Waals surface area contributed by atoms with Crippen molar-refractivity contribution in [3.8, 4) is 0 Å². The SMILES string of the molecule is CC(O)C1CCN(C2CCCCCC2=O)CC1. The van der Waals surface area contributed by atoms with Gasteiger partial charge in [0.15, 0.2) is 0 Å². The molecule has 3 nitrogen and oxygen atoms in total. The molecule has 1 N–H and O–H groups in total. The van der Waals surface area contributed by atoms with Crippen LogP contribution < -0.4 is 0 Å². The summed E-state index contributed by atoms with van der Waals surface area (Å²) in [6, 6.07) is 0.187. The van der Waals surface area contributed by atoms with Crippen molar-refractivity contribution in [2.45, 2.75) is 64.0 Å². The molecule has 17 heavy (non-hydrogen) atoms. The van der Waals surface area contributed by atoms with Crippen LogP contribution in [0, 0.1) is 5.92 Å². The minimum absolute atomic E-state index is 0.187. The molecule has 98 valence electrons. The maximum Gasteiger partial charge on any atom is 0.149 e. The number of carbonyl (C=O) groups is 1. The second-order valence-electron chi connectivity index (χ2n) is 5.70. The number of rotatable bonds is 2. The Morgan fingerprint density at radius 2 is 1.88 bits per heavy atom. The van der Waals surface area contributed by atoms with Crippen molar-refractivity contribution in [1.82, 2.24) is 4.90 Å². The molecule has 0 aromatic rings. The Morgan fingerprint density at radius 1 is 1.18 bits per heavy atom. The Bertz CT molecular complexity index is 257. The molecule has 0 radical (unpaired) electrons. The summed E-state index contributed by atoms with van der Waals surface area (Å²) in [6.07, 6.45) is 7.22. The van der Waals surface area contributed by atoms with Gasteiger partial charge in [0, 0.05) is 6.42 Å². The van der Waals surface area contributed by atoms with Gasteiger partial charge in [-0.2, -0.15) is 0 Å². The monoisotopic (exact) mass is 239 g/mol. The molecule has 0 amide bonds. The van der Waals surface area contributed by atoms with Crippen molar-refractivity contribution >= 4 is 5.78 Å². The molecular weight excluding hydrogens is 214 g/mol. The standard InChI is InChI=1S/C14H25NO2/c1-11(16)12-7-9-15(10-8-12)13-5-3-2-4-6-14(13)17/h11-13,16H,2-10H2,1H3. The first-order chi connectivity index (χ1) is 8.18. The number of hydrogen-bond acceptors (Lipinski definition) is 3. The maximum atomic E-state index is 12.0. The fourth-order valence-corrected chi connectivity index (χ4v) is 3.24. The average molecular weight is 239 g/mol. The van der Waals surface area contributed by atoms with Gasteiger partial charge in [-0.1, -0.05) is 12.8 Å². The first-order valence-corrected chi connectivity index (χ1v) is 7.13. The minimum atomic E-state index is -0.193. The third-order valence-electron chi connectivity index (χ3n) is 4.47. The van der Waals surface area contributed by atoms with Gasteiger partial charge in [-0.05, 0) is 51.6 Å². The number of piperidine rings is 1. The first kappa shape index (κ1) is 13.0. The highest BCUT2D eigenvalue weighted by Gasteiger charge is 2.31. The second kappa shape index (κ2) is 5.96. The van der Waals surface area contributed by atoms with Gasteiger partial charge < -0.3 is 5.11 Å². The number of aliphatic hydroxyl groups excluding tert-OH is 1. The van der Waals surface area contributed by atoms with Gasteiger partial charge in [0.05, 0.1) is 12.1 Å². The maximum absolute atomic E-state index is 12.0. The van der Waals surface area contributed by atoms with Crippen molar-refractivity contribution in [2.75, 3.05) is 13.1 Å². The number of nitrogens with zero attached hydrogens (tertiary/aromatic N) is 1. The lowest BCUT2D eigenvalue weighted by molar-refractivity contribution is -0.125. The van der Waals surface area contributed by atoms with E-state index in [0.717, 1.165) is 45.2 Å².